The summed E-state index contributed by atoms with van der Waals surface area (Å²) in [6.07, 6.45) is 12.4. The van der Waals surface area contributed by atoms with Crippen molar-refractivity contribution in [2.45, 2.75) is 106 Å². The SMILES string of the molecule is COC(=O)[C@]12CCC(C)(C)C[C@H]1C1=CC[C@@H]3[C@@]4(C)C/C(=C\O)C(=O)C(C)(C)[C@@H]4CC[C@@]3(C)[C@]1(C)CC2. The van der Waals surface area contributed by atoms with Crippen molar-refractivity contribution in [1.29, 1.82) is 0 Å². The molecule has 36 heavy (non-hydrogen) atoms. The van der Waals surface area contributed by atoms with Gasteiger partial charge >= 0.3 is 5.97 Å². The summed E-state index contributed by atoms with van der Waals surface area (Å²) >= 11 is 0. The summed E-state index contributed by atoms with van der Waals surface area (Å²) in [5.41, 5.74) is 1.56. The lowest BCUT2D eigenvalue weighted by molar-refractivity contribution is -0.185. The number of hydrogen-bond acceptors (Lipinski definition) is 4. The van der Waals surface area contributed by atoms with E-state index < -0.39 is 5.41 Å². The van der Waals surface area contributed by atoms with Crippen molar-refractivity contribution in [3.05, 3.63) is 23.5 Å². The first-order valence-corrected chi connectivity index (χ1v) is 14.3. The lowest BCUT2D eigenvalue weighted by Gasteiger charge is -2.70. The molecule has 0 spiro atoms. The van der Waals surface area contributed by atoms with Crippen molar-refractivity contribution in [3.8, 4) is 0 Å². The first-order chi connectivity index (χ1) is 16.6. The molecule has 4 fully saturated rings. The first kappa shape index (κ1) is 26.0. The summed E-state index contributed by atoms with van der Waals surface area (Å²) in [6.45, 7) is 16.4. The Morgan fingerprint density at radius 2 is 1.67 bits per heavy atom. The molecule has 0 aromatic rings. The van der Waals surface area contributed by atoms with Crippen molar-refractivity contribution in [1.82, 2.24) is 0 Å². The number of fused-ring (bicyclic) bond motifs is 7. The van der Waals surface area contributed by atoms with Crippen LogP contribution in [0.3, 0.4) is 0 Å². The molecule has 0 heterocycles. The Balaban J connectivity index is 1.62. The lowest BCUT2D eigenvalue weighted by Crippen LogP contribution is -2.65. The first-order valence-electron chi connectivity index (χ1n) is 14.3. The van der Waals surface area contributed by atoms with Gasteiger partial charge in [-0.3, -0.25) is 9.59 Å². The zero-order valence-corrected chi connectivity index (χ0v) is 23.9. The number of carbonyl (C=O) groups excluding carboxylic acids is 2. The molecule has 4 saturated carbocycles. The molecule has 200 valence electrons. The summed E-state index contributed by atoms with van der Waals surface area (Å²) in [4.78, 5) is 26.6. The highest BCUT2D eigenvalue weighted by atomic mass is 16.5. The Labute approximate surface area is 218 Å². The van der Waals surface area contributed by atoms with Crippen LogP contribution in [0.4, 0.5) is 0 Å². The predicted octanol–water partition coefficient (Wildman–Crippen LogP) is 7.58. The van der Waals surface area contributed by atoms with Crippen molar-refractivity contribution < 1.29 is 19.4 Å². The maximum atomic E-state index is 13.4. The normalized spacial score (nSPS) is 48.1. The van der Waals surface area contributed by atoms with Gasteiger partial charge in [-0.2, -0.15) is 0 Å². The molecule has 1 N–H and O–H groups in total. The Morgan fingerprint density at radius 1 is 1.00 bits per heavy atom. The number of aliphatic hydroxyl groups excluding tert-OH is 1. The van der Waals surface area contributed by atoms with E-state index in [0.717, 1.165) is 57.6 Å². The molecule has 0 saturated heterocycles. The van der Waals surface area contributed by atoms with Crippen LogP contribution in [0.5, 0.6) is 0 Å². The summed E-state index contributed by atoms with van der Waals surface area (Å²) in [5, 5.41) is 10.0. The maximum Gasteiger partial charge on any atom is 0.312 e. The molecule has 4 heteroatoms. The second kappa shape index (κ2) is 7.73. The topological polar surface area (TPSA) is 63.6 Å². The number of Topliss-reactive ketones (excluding diaryl/α,β-unsaturated/α-hetero) is 1. The van der Waals surface area contributed by atoms with Crippen LogP contribution >= 0.6 is 0 Å². The predicted molar refractivity (Wildman–Crippen MR) is 142 cm³/mol. The third-order valence-corrected chi connectivity index (χ3v) is 13.0. The van der Waals surface area contributed by atoms with Gasteiger partial charge in [-0.05, 0) is 97.2 Å². The van der Waals surface area contributed by atoms with Gasteiger partial charge in [0, 0.05) is 11.0 Å². The monoisotopic (exact) mass is 496 g/mol. The van der Waals surface area contributed by atoms with Gasteiger partial charge in [0.15, 0.2) is 5.78 Å². The van der Waals surface area contributed by atoms with E-state index in [-0.39, 0.29) is 44.7 Å². The van der Waals surface area contributed by atoms with Crippen molar-refractivity contribution >= 4 is 11.8 Å². The van der Waals surface area contributed by atoms with Crippen LogP contribution in [0.15, 0.2) is 23.5 Å². The summed E-state index contributed by atoms with van der Waals surface area (Å²) in [5.74, 6) is 1.11. The molecule has 0 unspecified atom stereocenters. The van der Waals surface area contributed by atoms with Crippen LogP contribution in [0.1, 0.15) is 106 Å². The quantitative estimate of drug-likeness (QED) is 0.176. The van der Waals surface area contributed by atoms with Gasteiger partial charge in [0.2, 0.25) is 0 Å². The highest BCUT2D eigenvalue weighted by Gasteiger charge is 2.69. The second-order valence-corrected chi connectivity index (χ2v) is 15.2. The summed E-state index contributed by atoms with van der Waals surface area (Å²) in [6, 6.07) is 0. The van der Waals surface area contributed by atoms with E-state index in [0.29, 0.717) is 23.8 Å². The van der Waals surface area contributed by atoms with E-state index in [1.54, 1.807) is 7.11 Å². The highest BCUT2D eigenvalue weighted by molar-refractivity contribution is 6.00. The fourth-order valence-corrected chi connectivity index (χ4v) is 10.8. The van der Waals surface area contributed by atoms with E-state index in [1.807, 2.05) is 0 Å². The molecule has 0 aromatic heterocycles. The third-order valence-electron chi connectivity index (χ3n) is 13.0. The van der Waals surface area contributed by atoms with Gasteiger partial charge in [-0.1, -0.05) is 60.1 Å². The van der Waals surface area contributed by atoms with E-state index in [4.69, 9.17) is 4.74 Å². The molecule has 5 rings (SSSR count). The van der Waals surface area contributed by atoms with E-state index >= 15 is 0 Å². The third kappa shape index (κ3) is 3.05. The summed E-state index contributed by atoms with van der Waals surface area (Å²) in [7, 11) is 1.56. The number of ketones is 1. The van der Waals surface area contributed by atoms with Crippen LogP contribution in [0, 0.1) is 50.2 Å². The number of hydrogen-bond donors (Lipinski definition) is 1. The van der Waals surface area contributed by atoms with Gasteiger partial charge in [-0.15, -0.1) is 0 Å². The molecule has 4 nitrogen and oxygen atoms in total. The standard InChI is InChI=1S/C32H48O4/c1-27(2)13-15-32(26(35)36-8)16-14-30(6)21(22(32)18-27)9-10-24-29(5)17-20(19-33)25(34)28(3,4)23(29)11-12-31(24,30)7/h9,19,22-24,33H,10-18H2,1-8H3/b20-19+/t22-,23-,24+,29-,30+,31+,32-/m0/s1. The van der Waals surface area contributed by atoms with E-state index in [1.165, 1.54) is 5.57 Å². The number of methoxy groups -OCH3 is 1. The minimum absolute atomic E-state index is 0.000774. The zero-order chi connectivity index (χ0) is 26.5. The fraction of sp³-hybridized carbons (Fsp3) is 0.812. The van der Waals surface area contributed by atoms with Gasteiger partial charge < -0.3 is 9.84 Å². The molecule has 5 aliphatic rings. The second-order valence-electron chi connectivity index (χ2n) is 15.2. The molecular formula is C32H48O4. The molecule has 0 aliphatic heterocycles. The van der Waals surface area contributed by atoms with Crippen LogP contribution in [0.25, 0.3) is 0 Å². The maximum absolute atomic E-state index is 13.4. The molecule has 5 aliphatic carbocycles. The molecule has 0 amide bonds. The Hall–Kier alpha value is -1.58. The van der Waals surface area contributed by atoms with Crippen molar-refractivity contribution in [3.63, 3.8) is 0 Å². The molecule has 0 radical (unpaired) electrons. The Bertz CT molecular complexity index is 1050. The van der Waals surface area contributed by atoms with Crippen LogP contribution in [-0.4, -0.2) is 24.0 Å². The van der Waals surface area contributed by atoms with Crippen molar-refractivity contribution in [2.75, 3.05) is 7.11 Å². The number of aliphatic hydroxyl groups is 1. The van der Waals surface area contributed by atoms with Crippen LogP contribution in [-0.2, 0) is 14.3 Å². The number of rotatable bonds is 1. The highest BCUT2D eigenvalue weighted by Crippen LogP contribution is 2.75. The molecule has 0 bridgehead atoms. The summed E-state index contributed by atoms with van der Waals surface area (Å²) < 4.78 is 5.48. The molecular weight excluding hydrogens is 448 g/mol. The zero-order valence-electron chi connectivity index (χ0n) is 23.9. The minimum atomic E-state index is -0.464. The van der Waals surface area contributed by atoms with Crippen LogP contribution < -0.4 is 0 Å². The number of carbonyl (C=O) groups is 2. The average Bonchev–Trinajstić information content (AvgIpc) is 2.81. The number of esters is 1. The van der Waals surface area contributed by atoms with Gasteiger partial charge in [0.1, 0.15) is 0 Å². The van der Waals surface area contributed by atoms with E-state index in [2.05, 4.69) is 54.5 Å². The Morgan fingerprint density at radius 3 is 2.31 bits per heavy atom. The molecule has 0 aromatic carbocycles. The van der Waals surface area contributed by atoms with Crippen molar-refractivity contribution in [2.24, 2.45) is 50.2 Å². The average molecular weight is 497 g/mol. The number of allylic oxidation sites excluding steroid dienone is 3. The smallest absolute Gasteiger partial charge is 0.312 e. The van der Waals surface area contributed by atoms with Gasteiger partial charge in [0.05, 0.1) is 18.8 Å². The minimum Gasteiger partial charge on any atom is -0.515 e. The largest absolute Gasteiger partial charge is 0.515 e. The molecule has 7 atom stereocenters. The van der Waals surface area contributed by atoms with Gasteiger partial charge in [0.25, 0.3) is 0 Å². The lowest BCUT2D eigenvalue weighted by atomic mass is 9.33. The number of ether oxygens (including phenoxy) is 1. The van der Waals surface area contributed by atoms with E-state index in [9.17, 15) is 14.7 Å². The van der Waals surface area contributed by atoms with Gasteiger partial charge in [-0.25, -0.2) is 0 Å². The fourth-order valence-electron chi connectivity index (χ4n) is 10.8. The van der Waals surface area contributed by atoms with Crippen LogP contribution in [0.2, 0.25) is 0 Å². The Kier molecular flexibility index (Phi) is 5.59.